The molecule has 0 unspecified atom stereocenters. The molecule has 0 amide bonds. The Balaban J connectivity index is 1.80. The maximum Gasteiger partial charge on any atom is 0.339 e. The quantitative estimate of drug-likeness (QED) is 0.426. The number of ether oxygens (including phenoxy) is 2. The van der Waals surface area contributed by atoms with Crippen LogP contribution in [0.3, 0.4) is 0 Å². The van der Waals surface area contributed by atoms with E-state index in [4.69, 9.17) is 13.9 Å². The van der Waals surface area contributed by atoms with E-state index in [-0.39, 0.29) is 12.4 Å². The van der Waals surface area contributed by atoms with Gasteiger partial charge in [0, 0.05) is 23.4 Å². The van der Waals surface area contributed by atoms with Gasteiger partial charge in [0.05, 0.1) is 6.61 Å². The second kappa shape index (κ2) is 8.95. The molecular formula is C24H26O5. The molecule has 0 aliphatic carbocycles. The lowest BCUT2D eigenvalue weighted by Gasteiger charge is -2.11. The standard InChI is InChI=1S/C24H26O5/c1-5-27-23(25)9-8-21-17(4)20-7-6-19(13-22(20)29-24(21)26)28-14-18-11-15(2)10-16(3)12-18/h6-7,10-13H,5,8-9,14H2,1-4H3. The van der Waals surface area contributed by atoms with Crippen molar-refractivity contribution in [3.63, 3.8) is 0 Å². The second-order valence-corrected chi connectivity index (χ2v) is 7.24. The van der Waals surface area contributed by atoms with Gasteiger partial charge in [-0.25, -0.2) is 4.79 Å². The number of carbonyl (C=O) groups is 1. The van der Waals surface area contributed by atoms with Crippen molar-refractivity contribution in [1.82, 2.24) is 0 Å². The molecule has 3 aromatic rings. The highest BCUT2D eigenvalue weighted by molar-refractivity contribution is 5.82. The summed E-state index contributed by atoms with van der Waals surface area (Å²) in [7, 11) is 0. The van der Waals surface area contributed by atoms with E-state index in [1.165, 1.54) is 11.1 Å². The zero-order chi connectivity index (χ0) is 21.0. The van der Waals surface area contributed by atoms with Gasteiger partial charge < -0.3 is 13.9 Å². The van der Waals surface area contributed by atoms with Gasteiger partial charge in [-0.3, -0.25) is 4.79 Å². The molecule has 1 heterocycles. The van der Waals surface area contributed by atoms with E-state index in [0.29, 0.717) is 36.5 Å². The van der Waals surface area contributed by atoms with Crippen molar-refractivity contribution in [3.8, 4) is 5.75 Å². The maximum atomic E-state index is 12.4. The highest BCUT2D eigenvalue weighted by Gasteiger charge is 2.14. The van der Waals surface area contributed by atoms with Crippen LogP contribution in [0.5, 0.6) is 5.75 Å². The van der Waals surface area contributed by atoms with Crippen LogP contribution < -0.4 is 10.4 Å². The molecule has 1 aromatic heterocycles. The number of hydrogen-bond donors (Lipinski definition) is 0. The number of rotatable bonds is 7. The average Bonchev–Trinajstić information content (AvgIpc) is 2.65. The Morgan fingerprint density at radius 2 is 1.76 bits per heavy atom. The van der Waals surface area contributed by atoms with Crippen molar-refractivity contribution < 1.29 is 18.7 Å². The Labute approximate surface area is 170 Å². The number of esters is 1. The third-order valence-corrected chi connectivity index (χ3v) is 4.83. The molecular weight excluding hydrogens is 368 g/mol. The highest BCUT2D eigenvalue weighted by Crippen LogP contribution is 2.25. The van der Waals surface area contributed by atoms with Crippen LogP contribution in [-0.4, -0.2) is 12.6 Å². The summed E-state index contributed by atoms with van der Waals surface area (Å²) in [5.41, 5.74) is 4.86. The van der Waals surface area contributed by atoms with Crippen LogP contribution in [0.4, 0.5) is 0 Å². The van der Waals surface area contributed by atoms with Crippen LogP contribution in [0.15, 0.2) is 45.6 Å². The minimum absolute atomic E-state index is 0.155. The van der Waals surface area contributed by atoms with E-state index < -0.39 is 5.63 Å². The van der Waals surface area contributed by atoms with Crippen LogP contribution in [0.2, 0.25) is 0 Å². The molecule has 0 aliphatic heterocycles. The third kappa shape index (κ3) is 5.05. The number of benzene rings is 2. The van der Waals surface area contributed by atoms with Gasteiger partial charge >= 0.3 is 11.6 Å². The van der Waals surface area contributed by atoms with Crippen molar-refractivity contribution in [3.05, 3.63) is 74.6 Å². The summed E-state index contributed by atoms with van der Waals surface area (Å²) in [6.07, 6.45) is 0.454. The molecule has 0 saturated heterocycles. The Bertz CT molecular complexity index is 1070. The molecule has 2 aromatic carbocycles. The van der Waals surface area contributed by atoms with Gasteiger partial charge in [0.15, 0.2) is 0 Å². The second-order valence-electron chi connectivity index (χ2n) is 7.24. The minimum Gasteiger partial charge on any atom is -0.489 e. The first kappa shape index (κ1) is 20.6. The molecule has 0 bridgehead atoms. The SMILES string of the molecule is CCOC(=O)CCc1c(C)c2ccc(OCc3cc(C)cc(C)c3)cc2oc1=O. The summed E-state index contributed by atoms with van der Waals surface area (Å²) in [6.45, 7) is 8.51. The van der Waals surface area contributed by atoms with Gasteiger partial charge in [-0.15, -0.1) is 0 Å². The molecule has 3 rings (SSSR count). The van der Waals surface area contributed by atoms with Gasteiger partial charge in [-0.2, -0.15) is 0 Å². The Morgan fingerprint density at radius 1 is 1.03 bits per heavy atom. The van der Waals surface area contributed by atoms with Gasteiger partial charge in [-0.1, -0.05) is 29.3 Å². The van der Waals surface area contributed by atoms with E-state index in [0.717, 1.165) is 16.5 Å². The summed E-state index contributed by atoms with van der Waals surface area (Å²) in [6, 6.07) is 11.8. The van der Waals surface area contributed by atoms with Crippen LogP contribution >= 0.6 is 0 Å². The van der Waals surface area contributed by atoms with Crippen molar-refractivity contribution in [2.75, 3.05) is 6.61 Å². The molecule has 0 fully saturated rings. The topological polar surface area (TPSA) is 65.7 Å². The third-order valence-electron chi connectivity index (χ3n) is 4.83. The number of hydrogen-bond acceptors (Lipinski definition) is 5. The van der Waals surface area contributed by atoms with Crippen molar-refractivity contribution in [2.24, 2.45) is 0 Å². The fraction of sp³-hybridized carbons (Fsp3) is 0.333. The van der Waals surface area contributed by atoms with E-state index in [9.17, 15) is 9.59 Å². The first-order chi connectivity index (χ1) is 13.9. The van der Waals surface area contributed by atoms with Crippen molar-refractivity contribution >= 4 is 16.9 Å². The fourth-order valence-corrected chi connectivity index (χ4v) is 3.53. The predicted octanol–water partition coefficient (Wildman–Crippen LogP) is 4.79. The van der Waals surface area contributed by atoms with Gasteiger partial charge in [0.1, 0.15) is 17.9 Å². The summed E-state index contributed by atoms with van der Waals surface area (Å²) in [4.78, 5) is 24.0. The molecule has 5 heteroatoms. The molecule has 0 spiro atoms. The predicted molar refractivity (Wildman–Crippen MR) is 112 cm³/mol. The van der Waals surface area contributed by atoms with E-state index >= 15 is 0 Å². The summed E-state index contributed by atoms with van der Waals surface area (Å²) < 4.78 is 16.3. The number of carbonyl (C=O) groups excluding carboxylic acids is 1. The molecule has 0 saturated carbocycles. The lowest BCUT2D eigenvalue weighted by Crippen LogP contribution is -2.13. The van der Waals surface area contributed by atoms with Gasteiger partial charge in [0.2, 0.25) is 0 Å². The van der Waals surface area contributed by atoms with Crippen LogP contribution in [0.25, 0.3) is 11.0 Å². The first-order valence-electron chi connectivity index (χ1n) is 9.79. The summed E-state index contributed by atoms with van der Waals surface area (Å²) in [5, 5.41) is 0.835. The highest BCUT2D eigenvalue weighted by atomic mass is 16.5. The maximum absolute atomic E-state index is 12.4. The smallest absolute Gasteiger partial charge is 0.339 e. The molecule has 29 heavy (non-hydrogen) atoms. The minimum atomic E-state index is -0.425. The Morgan fingerprint density at radius 3 is 2.45 bits per heavy atom. The van der Waals surface area contributed by atoms with E-state index in [1.807, 2.05) is 19.1 Å². The average molecular weight is 394 g/mol. The fourth-order valence-electron chi connectivity index (χ4n) is 3.53. The van der Waals surface area contributed by atoms with Gasteiger partial charge in [-0.05, 0) is 57.4 Å². The largest absolute Gasteiger partial charge is 0.489 e. The normalized spacial score (nSPS) is 10.9. The van der Waals surface area contributed by atoms with Crippen LogP contribution in [0, 0.1) is 20.8 Å². The monoisotopic (exact) mass is 394 g/mol. The first-order valence-corrected chi connectivity index (χ1v) is 9.79. The summed E-state index contributed by atoms with van der Waals surface area (Å²) >= 11 is 0. The zero-order valence-corrected chi connectivity index (χ0v) is 17.3. The molecule has 0 atom stereocenters. The van der Waals surface area contributed by atoms with Crippen molar-refractivity contribution in [1.29, 1.82) is 0 Å². The van der Waals surface area contributed by atoms with Gasteiger partial charge in [0.25, 0.3) is 0 Å². The van der Waals surface area contributed by atoms with E-state index in [1.54, 1.807) is 13.0 Å². The molecule has 0 N–H and O–H groups in total. The molecule has 0 aliphatic rings. The lowest BCUT2D eigenvalue weighted by atomic mass is 10.0. The lowest BCUT2D eigenvalue weighted by molar-refractivity contribution is -0.143. The van der Waals surface area contributed by atoms with Crippen molar-refractivity contribution in [2.45, 2.75) is 47.1 Å². The Hall–Kier alpha value is -3.08. The Kier molecular flexibility index (Phi) is 6.37. The van der Waals surface area contributed by atoms with Crippen LogP contribution in [-0.2, 0) is 22.6 Å². The summed E-state index contributed by atoms with van der Waals surface area (Å²) in [5.74, 6) is 0.319. The zero-order valence-electron chi connectivity index (χ0n) is 17.3. The molecule has 0 radical (unpaired) electrons. The van der Waals surface area contributed by atoms with Crippen LogP contribution in [0.1, 0.15) is 41.2 Å². The number of aryl methyl sites for hydroxylation is 3. The molecule has 5 nitrogen and oxygen atoms in total. The molecule has 152 valence electrons. The number of fused-ring (bicyclic) bond motifs is 1. The van der Waals surface area contributed by atoms with E-state index in [2.05, 4.69) is 32.0 Å².